The second kappa shape index (κ2) is 7.14. The van der Waals surface area contributed by atoms with Crippen molar-refractivity contribution < 1.29 is 4.92 Å². The Bertz CT molecular complexity index is 953. The Morgan fingerprint density at radius 3 is 2.15 bits per heavy atom. The third-order valence-corrected chi connectivity index (χ3v) is 3.65. The Labute approximate surface area is 150 Å². The van der Waals surface area contributed by atoms with E-state index in [0.29, 0.717) is 5.82 Å². The molecule has 0 unspecified atom stereocenters. The van der Waals surface area contributed by atoms with Gasteiger partial charge in [0.1, 0.15) is 12.1 Å². The Morgan fingerprint density at radius 1 is 0.885 bits per heavy atom. The molecule has 26 heavy (non-hydrogen) atoms. The van der Waals surface area contributed by atoms with Crippen LogP contribution in [0.5, 0.6) is 0 Å². The summed E-state index contributed by atoms with van der Waals surface area (Å²) in [6.07, 6.45) is 2.90. The van der Waals surface area contributed by atoms with Crippen LogP contribution >= 0.6 is 0 Å². The highest BCUT2D eigenvalue weighted by atomic mass is 16.6. The highest BCUT2D eigenvalue weighted by Gasteiger charge is 2.23. The van der Waals surface area contributed by atoms with Gasteiger partial charge in [0.25, 0.3) is 0 Å². The van der Waals surface area contributed by atoms with E-state index in [1.54, 1.807) is 12.3 Å². The molecule has 0 saturated carbocycles. The molecule has 0 aliphatic rings. The summed E-state index contributed by atoms with van der Waals surface area (Å²) in [6.45, 7) is 5.83. The van der Waals surface area contributed by atoms with Crippen molar-refractivity contribution in [3.05, 3.63) is 69.7 Å². The number of pyridine rings is 1. The van der Waals surface area contributed by atoms with Gasteiger partial charge in [-0.2, -0.15) is 0 Å². The summed E-state index contributed by atoms with van der Waals surface area (Å²) in [6, 6.07) is 9.44. The predicted molar refractivity (Wildman–Crippen MR) is 100 cm³/mol. The topological polar surface area (TPSA) is 106 Å². The molecular formula is C18H18N6O2. The maximum Gasteiger partial charge on any atom is 0.353 e. The third-order valence-electron chi connectivity index (χ3n) is 3.65. The summed E-state index contributed by atoms with van der Waals surface area (Å²) >= 11 is 0. The molecule has 0 aliphatic heterocycles. The number of nitrogens with zero attached hydrogens (tertiary/aromatic N) is 4. The maximum absolute atomic E-state index is 11.6. The lowest BCUT2D eigenvalue weighted by Crippen LogP contribution is -2.06. The van der Waals surface area contributed by atoms with E-state index in [4.69, 9.17) is 0 Å². The number of aromatic nitrogens is 3. The van der Waals surface area contributed by atoms with Crippen molar-refractivity contribution >= 4 is 28.8 Å². The van der Waals surface area contributed by atoms with Crippen molar-refractivity contribution in [3.8, 4) is 0 Å². The zero-order valence-corrected chi connectivity index (χ0v) is 14.6. The summed E-state index contributed by atoms with van der Waals surface area (Å²) in [5.74, 6) is 0.671. The van der Waals surface area contributed by atoms with Crippen molar-refractivity contribution in [1.29, 1.82) is 0 Å². The quantitative estimate of drug-likeness (QED) is 0.525. The lowest BCUT2D eigenvalue weighted by molar-refractivity contribution is -0.383. The van der Waals surface area contributed by atoms with Gasteiger partial charge in [-0.1, -0.05) is 6.07 Å². The van der Waals surface area contributed by atoms with Gasteiger partial charge < -0.3 is 10.6 Å². The van der Waals surface area contributed by atoms with Crippen molar-refractivity contribution in [1.82, 2.24) is 15.0 Å². The molecule has 132 valence electrons. The molecule has 0 amide bonds. The molecule has 2 heterocycles. The number of hydrogen-bond donors (Lipinski definition) is 2. The SMILES string of the molecule is Cc1cc(C)cc(Nc2ncnc(Nc3cc(C)ccn3)c2[N+](=O)[O-])c1. The summed E-state index contributed by atoms with van der Waals surface area (Å²) in [5.41, 5.74) is 3.56. The minimum absolute atomic E-state index is 0.0787. The third kappa shape index (κ3) is 3.92. The van der Waals surface area contributed by atoms with E-state index in [9.17, 15) is 10.1 Å². The lowest BCUT2D eigenvalue weighted by Gasteiger charge is -2.11. The fraction of sp³-hybridized carbons (Fsp3) is 0.167. The highest BCUT2D eigenvalue weighted by molar-refractivity contribution is 5.76. The smallest absolute Gasteiger partial charge is 0.334 e. The van der Waals surface area contributed by atoms with Crippen LogP contribution in [0.1, 0.15) is 16.7 Å². The molecule has 8 nitrogen and oxygen atoms in total. The van der Waals surface area contributed by atoms with E-state index in [1.807, 2.05) is 45.0 Å². The van der Waals surface area contributed by atoms with Crippen LogP contribution in [0, 0.1) is 30.9 Å². The predicted octanol–water partition coefficient (Wildman–Crippen LogP) is 4.19. The number of aryl methyl sites for hydroxylation is 3. The second-order valence-electron chi connectivity index (χ2n) is 6.02. The van der Waals surface area contributed by atoms with E-state index in [0.717, 1.165) is 22.4 Å². The Kier molecular flexibility index (Phi) is 4.74. The van der Waals surface area contributed by atoms with Crippen molar-refractivity contribution in [3.63, 3.8) is 0 Å². The number of benzene rings is 1. The molecule has 2 N–H and O–H groups in total. The molecule has 0 spiro atoms. The first kappa shape index (κ1) is 17.3. The number of nitrogens with one attached hydrogen (secondary N) is 2. The molecule has 0 atom stereocenters. The van der Waals surface area contributed by atoms with Crippen LogP contribution in [0.2, 0.25) is 0 Å². The van der Waals surface area contributed by atoms with Crippen molar-refractivity contribution in [2.45, 2.75) is 20.8 Å². The van der Waals surface area contributed by atoms with Gasteiger partial charge in [0.05, 0.1) is 4.92 Å². The van der Waals surface area contributed by atoms with Crippen LogP contribution in [0.15, 0.2) is 42.9 Å². The van der Waals surface area contributed by atoms with Crippen LogP contribution < -0.4 is 10.6 Å². The molecule has 8 heteroatoms. The standard InChI is InChI=1S/C18H18N6O2/c1-11-4-5-19-15(9-11)23-18-16(24(25)26)17(20-10-21-18)22-14-7-12(2)6-13(3)8-14/h4-10H,1-3H3,(H2,19,20,21,22,23). The molecule has 3 aromatic rings. The van der Waals surface area contributed by atoms with Crippen molar-refractivity contribution in [2.75, 3.05) is 10.6 Å². The summed E-state index contributed by atoms with van der Waals surface area (Å²) in [4.78, 5) is 23.4. The van der Waals surface area contributed by atoms with E-state index in [1.165, 1.54) is 6.33 Å². The summed E-state index contributed by atoms with van der Waals surface area (Å²) in [5, 5.41) is 17.6. The zero-order chi connectivity index (χ0) is 18.7. The molecule has 2 aromatic heterocycles. The molecular weight excluding hydrogens is 332 g/mol. The molecule has 0 saturated heterocycles. The number of rotatable bonds is 5. The Hall–Kier alpha value is -3.55. The molecule has 3 rings (SSSR count). The lowest BCUT2D eigenvalue weighted by atomic mass is 10.1. The van der Waals surface area contributed by atoms with Crippen LogP contribution in [-0.4, -0.2) is 19.9 Å². The monoisotopic (exact) mass is 350 g/mol. The number of hydrogen-bond acceptors (Lipinski definition) is 7. The molecule has 0 bridgehead atoms. The first-order valence-electron chi connectivity index (χ1n) is 7.97. The van der Waals surface area contributed by atoms with Gasteiger partial charge in [0.15, 0.2) is 0 Å². The minimum atomic E-state index is -0.511. The average molecular weight is 350 g/mol. The van der Waals surface area contributed by atoms with Gasteiger partial charge in [-0.25, -0.2) is 15.0 Å². The minimum Gasteiger partial charge on any atom is -0.334 e. The van der Waals surface area contributed by atoms with E-state index in [-0.39, 0.29) is 17.3 Å². The second-order valence-corrected chi connectivity index (χ2v) is 6.02. The molecule has 0 fully saturated rings. The fourth-order valence-electron chi connectivity index (χ4n) is 2.64. The summed E-state index contributed by atoms with van der Waals surface area (Å²) in [7, 11) is 0. The van der Waals surface area contributed by atoms with Crippen LogP contribution in [0.25, 0.3) is 0 Å². The van der Waals surface area contributed by atoms with E-state index in [2.05, 4.69) is 25.6 Å². The Morgan fingerprint density at radius 2 is 1.54 bits per heavy atom. The maximum atomic E-state index is 11.6. The van der Waals surface area contributed by atoms with Crippen LogP contribution in [0.3, 0.4) is 0 Å². The first-order valence-corrected chi connectivity index (χ1v) is 7.97. The van der Waals surface area contributed by atoms with Crippen LogP contribution in [-0.2, 0) is 0 Å². The normalized spacial score (nSPS) is 10.4. The zero-order valence-electron chi connectivity index (χ0n) is 14.6. The van der Waals surface area contributed by atoms with Gasteiger partial charge in [-0.15, -0.1) is 0 Å². The largest absolute Gasteiger partial charge is 0.353 e. The molecule has 1 aromatic carbocycles. The van der Waals surface area contributed by atoms with Crippen molar-refractivity contribution in [2.24, 2.45) is 0 Å². The van der Waals surface area contributed by atoms with Gasteiger partial charge in [0, 0.05) is 11.9 Å². The fourth-order valence-corrected chi connectivity index (χ4v) is 2.64. The highest BCUT2D eigenvalue weighted by Crippen LogP contribution is 2.33. The molecule has 0 radical (unpaired) electrons. The van der Waals surface area contributed by atoms with Gasteiger partial charge in [-0.05, 0) is 61.7 Å². The van der Waals surface area contributed by atoms with Gasteiger partial charge >= 0.3 is 5.69 Å². The van der Waals surface area contributed by atoms with E-state index >= 15 is 0 Å². The Balaban J connectivity index is 1.99. The van der Waals surface area contributed by atoms with Gasteiger partial charge in [-0.3, -0.25) is 10.1 Å². The van der Waals surface area contributed by atoms with Crippen LogP contribution in [0.4, 0.5) is 28.8 Å². The average Bonchev–Trinajstić information content (AvgIpc) is 2.53. The number of nitro groups is 1. The van der Waals surface area contributed by atoms with Gasteiger partial charge in [0.2, 0.25) is 11.6 Å². The molecule has 0 aliphatic carbocycles. The van der Waals surface area contributed by atoms with E-state index < -0.39 is 4.92 Å². The summed E-state index contributed by atoms with van der Waals surface area (Å²) < 4.78 is 0. The number of anilines is 4. The first-order chi connectivity index (χ1) is 12.4.